The summed E-state index contributed by atoms with van der Waals surface area (Å²) in [5.41, 5.74) is 3.94. The van der Waals surface area contributed by atoms with Gasteiger partial charge in [-0.3, -0.25) is 4.79 Å². The molecule has 2 atom stereocenters. The van der Waals surface area contributed by atoms with E-state index < -0.39 is 5.97 Å². The SMILES string of the molecule is O=C(O)C1C2CCC(CC2)C1Nc1cc(-c2ccc(-c3ccccc3)cc2)nc(Cl)n1. The van der Waals surface area contributed by atoms with Gasteiger partial charge in [0.2, 0.25) is 5.28 Å². The van der Waals surface area contributed by atoms with Gasteiger partial charge in [-0.2, -0.15) is 0 Å². The molecule has 0 saturated heterocycles. The molecular formula is C25H24ClN3O2. The van der Waals surface area contributed by atoms with Gasteiger partial charge in [0.1, 0.15) is 5.82 Å². The molecule has 158 valence electrons. The highest BCUT2D eigenvalue weighted by atomic mass is 35.5. The molecule has 3 aromatic rings. The van der Waals surface area contributed by atoms with E-state index >= 15 is 0 Å². The maximum Gasteiger partial charge on any atom is 0.308 e. The first kappa shape index (κ1) is 20.0. The van der Waals surface area contributed by atoms with Crippen LogP contribution in [0.4, 0.5) is 5.82 Å². The van der Waals surface area contributed by atoms with Gasteiger partial charge in [0.25, 0.3) is 0 Å². The summed E-state index contributed by atoms with van der Waals surface area (Å²) in [6.07, 6.45) is 4.14. The van der Waals surface area contributed by atoms with Gasteiger partial charge in [-0.05, 0) is 60.2 Å². The molecule has 2 unspecified atom stereocenters. The van der Waals surface area contributed by atoms with Gasteiger partial charge >= 0.3 is 5.97 Å². The third-order valence-corrected chi connectivity index (χ3v) is 6.97. The van der Waals surface area contributed by atoms with Crippen LogP contribution in [0.1, 0.15) is 25.7 Å². The Morgan fingerprint density at radius 2 is 1.48 bits per heavy atom. The maximum atomic E-state index is 12.0. The van der Waals surface area contributed by atoms with E-state index in [-0.39, 0.29) is 23.2 Å². The minimum atomic E-state index is -0.719. The molecule has 31 heavy (non-hydrogen) atoms. The molecular weight excluding hydrogens is 410 g/mol. The summed E-state index contributed by atoms with van der Waals surface area (Å²) in [7, 11) is 0. The van der Waals surface area contributed by atoms with E-state index in [1.54, 1.807) is 0 Å². The van der Waals surface area contributed by atoms with Crippen LogP contribution >= 0.6 is 11.6 Å². The van der Waals surface area contributed by atoms with Crippen LogP contribution in [0.25, 0.3) is 22.4 Å². The summed E-state index contributed by atoms with van der Waals surface area (Å²) in [5, 5.41) is 13.4. The summed E-state index contributed by atoms with van der Waals surface area (Å²) in [6.45, 7) is 0. The second-order valence-electron chi connectivity index (χ2n) is 8.56. The number of carboxylic acids is 1. The summed E-state index contributed by atoms with van der Waals surface area (Å²) in [6, 6.07) is 20.1. The van der Waals surface area contributed by atoms with Crippen molar-refractivity contribution in [2.45, 2.75) is 31.7 Å². The first-order valence-electron chi connectivity index (χ1n) is 10.8. The van der Waals surface area contributed by atoms with Crippen LogP contribution in [-0.4, -0.2) is 27.1 Å². The molecule has 2 N–H and O–H groups in total. The number of hydrogen-bond donors (Lipinski definition) is 2. The Morgan fingerprint density at radius 3 is 2.16 bits per heavy atom. The van der Waals surface area contributed by atoms with Gasteiger partial charge in [0.15, 0.2) is 0 Å². The van der Waals surface area contributed by atoms with Crippen LogP contribution in [0.2, 0.25) is 5.28 Å². The number of benzene rings is 2. The minimum absolute atomic E-state index is 0.121. The molecule has 3 aliphatic carbocycles. The van der Waals surface area contributed by atoms with Crippen molar-refractivity contribution < 1.29 is 9.90 Å². The number of carbonyl (C=O) groups is 1. The predicted octanol–water partition coefficient (Wildman–Crippen LogP) is 5.77. The molecule has 2 aromatic carbocycles. The van der Waals surface area contributed by atoms with Gasteiger partial charge in [0, 0.05) is 17.7 Å². The van der Waals surface area contributed by atoms with Gasteiger partial charge < -0.3 is 10.4 Å². The Morgan fingerprint density at radius 1 is 0.871 bits per heavy atom. The average molecular weight is 434 g/mol. The normalized spacial score (nSPS) is 24.7. The molecule has 5 nitrogen and oxygen atoms in total. The highest BCUT2D eigenvalue weighted by Crippen LogP contribution is 2.46. The highest BCUT2D eigenvalue weighted by molar-refractivity contribution is 6.28. The molecule has 3 saturated carbocycles. The lowest BCUT2D eigenvalue weighted by Crippen LogP contribution is -2.51. The summed E-state index contributed by atoms with van der Waals surface area (Å²) >= 11 is 6.24. The molecule has 1 heterocycles. The Bertz CT molecular complexity index is 1080. The van der Waals surface area contributed by atoms with E-state index in [9.17, 15) is 9.90 Å². The monoisotopic (exact) mass is 433 g/mol. The van der Waals surface area contributed by atoms with Crippen molar-refractivity contribution in [2.75, 3.05) is 5.32 Å². The lowest BCUT2D eigenvalue weighted by molar-refractivity contribution is -0.148. The van der Waals surface area contributed by atoms with Crippen LogP contribution in [0.5, 0.6) is 0 Å². The van der Waals surface area contributed by atoms with Crippen molar-refractivity contribution in [1.29, 1.82) is 0 Å². The van der Waals surface area contributed by atoms with Crippen molar-refractivity contribution >= 4 is 23.4 Å². The van der Waals surface area contributed by atoms with Crippen molar-refractivity contribution in [3.8, 4) is 22.4 Å². The van der Waals surface area contributed by atoms with Crippen molar-refractivity contribution in [2.24, 2.45) is 17.8 Å². The fourth-order valence-corrected chi connectivity index (χ4v) is 5.47. The summed E-state index contributed by atoms with van der Waals surface area (Å²) in [4.78, 5) is 20.7. The van der Waals surface area contributed by atoms with Crippen molar-refractivity contribution in [1.82, 2.24) is 9.97 Å². The highest BCUT2D eigenvalue weighted by Gasteiger charge is 2.47. The van der Waals surface area contributed by atoms with E-state index in [1.165, 1.54) is 0 Å². The Kier molecular flexibility index (Phi) is 5.36. The number of carboxylic acid groups (broad SMARTS) is 1. The zero-order valence-corrected chi connectivity index (χ0v) is 17.8. The summed E-state index contributed by atoms with van der Waals surface area (Å²) < 4.78 is 0. The predicted molar refractivity (Wildman–Crippen MR) is 122 cm³/mol. The van der Waals surface area contributed by atoms with Gasteiger partial charge in [-0.15, -0.1) is 0 Å². The number of halogens is 1. The van der Waals surface area contributed by atoms with E-state index in [1.807, 2.05) is 36.4 Å². The molecule has 0 spiro atoms. The number of nitrogens with zero attached hydrogens (tertiary/aromatic N) is 2. The van der Waals surface area contributed by atoms with E-state index in [4.69, 9.17) is 11.6 Å². The Hall–Kier alpha value is -2.92. The molecule has 0 radical (unpaired) electrons. The topological polar surface area (TPSA) is 75.1 Å². The lowest BCUT2D eigenvalue weighted by Gasteiger charge is -2.47. The smallest absolute Gasteiger partial charge is 0.308 e. The third kappa shape index (κ3) is 4.02. The number of hydrogen-bond acceptors (Lipinski definition) is 4. The molecule has 0 amide bonds. The quantitative estimate of drug-likeness (QED) is 0.500. The second kappa shape index (κ2) is 8.31. The molecule has 0 aliphatic heterocycles. The fraction of sp³-hybridized carbons (Fsp3) is 0.320. The molecule has 3 fully saturated rings. The van der Waals surface area contributed by atoms with Gasteiger partial charge in [0.05, 0.1) is 11.6 Å². The number of aromatic nitrogens is 2. The molecule has 3 aliphatic rings. The van der Waals surface area contributed by atoms with E-state index in [0.29, 0.717) is 11.7 Å². The zero-order valence-electron chi connectivity index (χ0n) is 17.0. The molecule has 6 heteroatoms. The van der Waals surface area contributed by atoms with Crippen LogP contribution in [0, 0.1) is 17.8 Å². The number of fused-ring (bicyclic) bond motifs is 3. The van der Waals surface area contributed by atoms with Crippen LogP contribution < -0.4 is 5.32 Å². The number of aliphatic carboxylic acids is 1. The lowest BCUT2D eigenvalue weighted by atomic mass is 9.61. The number of rotatable bonds is 5. The fourth-order valence-electron chi connectivity index (χ4n) is 5.29. The maximum absolute atomic E-state index is 12.0. The Labute approximate surface area is 186 Å². The first-order valence-corrected chi connectivity index (χ1v) is 11.2. The van der Waals surface area contributed by atoms with Crippen molar-refractivity contribution in [3.63, 3.8) is 0 Å². The third-order valence-electron chi connectivity index (χ3n) is 6.81. The molecule has 1 aromatic heterocycles. The second-order valence-corrected chi connectivity index (χ2v) is 8.90. The summed E-state index contributed by atoms with van der Waals surface area (Å²) in [5.74, 6) is 0.0836. The van der Waals surface area contributed by atoms with Crippen molar-refractivity contribution in [3.05, 3.63) is 65.9 Å². The van der Waals surface area contributed by atoms with Gasteiger partial charge in [-0.1, -0.05) is 54.6 Å². The zero-order chi connectivity index (χ0) is 21.4. The van der Waals surface area contributed by atoms with E-state index in [0.717, 1.165) is 48.1 Å². The van der Waals surface area contributed by atoms with Crippen LogP contribution in [0.15, 0.2) is 60.7 Å². The van der Waals surface area contributed by atoms with Crippen LogP contribution in [0.3, 0.4) is 0 Å². The minimum Gasteiger partial charge on any atom is -0.481 e. The average Bonchev–Trinajstić information content (AvgIpc) is 2.80. The number of anilines is 1. The van der Waals surface area contributed by atoms with Crippen LogP contribution in [-0.2, 0) is 4.79 Å². The van der Waals surface area contributed by atoms with Gasteiger partial charge in [-0.25, -0.2) is 9.97 Å². The Balaban J connectivity index is 1.41. The molecule has 6 rings (SSSR count). The largest absolute Gasteiger partial charge is 0.481 e. The number of nitrogens with one attached hydrogen (secondary N) is 1. The first-order chi connectivity index (χ1) is 15.1. The van der Waals surface area contributed by atoms with E-state index in [2.05, 4.69) is 39.6 Å². The molecule has 2 bridgehead atoms. The standard InChI is InChI=1S/C25H24ClN3O2/c26-25-27-20(17-8-6-16(7-9-17)15-4-2-1-3-5-15)14-21(29-25)28-23-19-12-10-18(11-13-19)22(23)24(30)31/h1-9,14,18-19,22-23H,10-13H2,(H,30,31)(H,27,28,29).